The van der Waals surface area contributed by atoms with Crippen LogP contribution in [0, 0.1) is 0 Å². The van der Waals surface area contributed by atoms with Gasteiger partial charge in [0.1, 0.15) is 0 Å². The van der Waals surface area contributed by atoms with Crippen LogP contribution in [0.5, 0.6) is 0 Å². The molecule has 0 spiro atoms. The predicted octanol–water partition coefficient (Wildman–Crippen LogP) is 0.908. The van der Waals surface area contributed by atoms with E-state index in [-0.39, 0.29) is 0 Å². The summed E-state index contributed by atoms with van der Waals surface area (Å²) in [5.41, 5.74) is 0. The van der Waals surface area contributed by atoms with Crippen molar-refractivity contribution in [3.05, 3.63) is 0 Å². The molecule has 0 N–H and O–H groups in total. The standard InChI is InChI=1S/C7H13NOS/c9-10-6-4-7-3-1-2-5-8(7)10/h7H,1-6H2. The van der Waals surface area contributed by atoms with Crippen LogP contribution in [0.25, 0.3) is 0 Å². The molecular weight excluding hydrogens is 146 g/mol. The molecule has 2 rings (SSSR count). The van der Waals surface area contributed by atoms with Crippen LogP contribution in [-0.2, 0) is 11.0 Å². The van der Waals surface area contributed by atoms with Crippen molar-refractivity contribution >= 4 is 11.0 Å². The molecule has 0 saturated carbocycles. The molecule has 2 aliphatic rings. The van der Waals surface area contributed by atoms with Gasteiger partial charge in [0.15, 0.2) is 0 Å². The second kappa shape index (κ2) is 2.62. The summed E-state index contributed by atoms with van der Waals surface area (Å²) in [7, 11) is -0.606. The fourth-order valence-corrected chi connectivity index (χ4v) is 3.47. The Labute approximate surface area is 64.2 Å². The lowest BCUT2D eigenvalue weighted by Gasteiger charge is -2.26. The van der Waals surface area contributed by atoms with E-state index >= 15 is 0 Å². The van der Waals surface area contributed by atoms with Gasteiger partial charge in [0, 0.05) is 18.3 Å². The van der Waals surface area contributed by atoms with E-state index in [0.717, 1.165) is 12.3 Å². The maximum Gasteiger partial charge on any atom is 0.0945 e. The number of rotatable bonds is 0. The highest BCUT2D eigenvalue weighted by molar-refractivity contribution is 7.82. The van der Waals surface area contributed by atoms with E-state index in [4.69, 9.17) is 0 Å². The number of hydrogen-bond acceptors (Lipinski definition) is 1. The van der Waals surface area contributed by atoms with E-state index in [0.29, 0.717) is 6.04 Å². The van der Waals surface area contributed by atoms with E-state index < -0.39 is 11.0 Å². The molecule has 0 aromatic carbocycles. The normalized spacial score (nSPS) is 41.6. The third-order valence-corrected chi connectivity index (χ3v) is 4.05. The molecule has 0 amide bonds. The first-order chi connectivity index (χ1) is 4.88. The highest BCUT2D eigenvalue weighted by Gasteiger charge is 2.32. The Balaban J connectivity index is 2.08. The maximum absolute atomic E-state index is 11.2. The molecule has 2 nitrogen and oxygen atoms in total. The molecule has 2 heterocycles. The molecule has 10 heavy (non-hydrogen) atoms. The minimum absolute atomic E-state index is 0.606. The van der Waals surface area contributed by atoms with Crippen molar-refractivity contribution in [1.82, 2.24) is 4.31 Å². The van der Waals surface area contributed by atoms with Crippen molar-refractivity contribution < 1.29 is 4.21 Å². The monoisotopic (exact) mass is 159 g/mol. The Morgan fingerprint density at radius 2 is 2.20 bits per heavy atom. The summed E-state index contributed by atoms with van der Waals surface area (Å²) in [5.74, 6) is 0.921. The summed E-state index contributed by atoms with van der Waals surface area (Å²) in [4.78, 5) is 0. The maximum atomic E-state index is 11.2. The third-order valence-electron chi connectivity index (χ3n) is 2.46. The minimum atomic E-state index is -0.606. The van der Waals surface area contributed by atoms with E-state index in [1.165, 1.54) is 25.7 Å². The average molecular weight is 159 g/mol. The van der Waals surface area contributed by atoms with Gasteiger partial charge in [-0.3, -0.25) is 0 Å². The first-order valence-corrected chi connectivity index (χ1v) is 5.30. The molecule has 0 aromatic rings. The second-order valence-corrected chi connectivity index (χ2v) is 4.62. The molecule has 58 valence electrons. The Kier molecular flexibility index (Phi) is 1.78. The Morgan fingerprint density at radius 3 is 3.00 bits per heavy atom. The van der Waals surface area contributed by atoms with E-state index in [9.17, 15) is 4.21 Å². The summed E-state index contributed by atoms with van der Waals surface area (Å²) >= 11 is 0. The van der Waals surface area contributed by atoms with Gasteiger partial charge in [-0.25, -0.2) is 8.51 Å². The quantitative estimate of drug-likeness (QED) is 0.514. The first-order valence-electron chi connectivity index (χ1n) is 4.03. The average Bonchev–Trinajstić information content (AvgIpc) is 2.34. The molecule has 2 unspecified atom stereocenters. The van der Waals surface area contributed by atoms with Crippen LogP contribution in [-0.4, -0.2) is 26.9 Å². The van der Waals surface area contributed by atoms with Crippen molar-refractivity contribution in [2.24, 2.45) is 0 Å². The van der Waals surface area contributed by atoms with E-state index in [2.05, 4.69) is 4.31 Å². The Hall–Kier alpha value is 0.110. The topological polar surface area (TPSA) is 20.3 Å². The van der Waals surface area contributed by atoms with Crippen LogP contribution in [0.15, 0.2) is 0 Å². The molecule has 2 fully saturated rings. The minimum Gasteiger partial charge on any atom is -0.243 e. The highest BCUT2D eigenvalue weighted by Crippen LogP contribution is 2.26. The molecule has 0 radical (unpaired) electrons. The van der Waals surface area contributed by atoms with Gasteiger partial charge >= 0.3 is 0 Å². The molecule has 2 aliphatic heterocycles. The van der Waals surface area contributed by atoms with Crippen LogP contribution in [0.2, 0.25) is 0 Å². The summed E-state index contributed by atoms with van der Waals surface area (Å²) in [6.45, 7) is 1.08. The van der Waals surface area contributed by atoms with Gasteiger partial charge in [-0.05, 0) is 19.3 Å². The fraction of sp³-hybridized carbons (Fsp3) is 1.00. The summed E-state index contributed by atoms with van der Waals surface area (Å²) in [5, 5.41) is 0. The zero-order valence-electron chi connectivity index (χ0n) is 6.08. The van der Waals surface area contributed by atoms with Crippen LogP contribution in [0.1, 0.15) is 25.7 Å². The molecule has 0 aromatic heterocycles. The molecule has 0 bridgehead atoms. The summed E-state index contributed by atoms with van der Waals surface area (Å²) < 4.78 is 13.4. The Bertz CT molecular complexity index is 160. The van der Waals surface area contributed by atoms with Gasteiger partial charge < -0.3 is 0 Å². The predicted molar refractivity (Wildman–Crippen MR) is 42.0 cm³/mol. The molecule has 3 heteroatoms. The van der Waals surface area contributed by atoms with Gasteiger partial charge in [0.05, 0.1) is 11.0 Å². The first kappa shape index (κ1) is 6.80. The highest BCUT2D eigenvalue weighted by atomic mass is 32.2. The van der Waals surface area contributed by atoms with Crippen LogP contribution in [0.4, 0.5) is 0 Å². The summed E-state index contributed by atoms with van der Waals surface area (Å²) in [6, 6.07) is 0.676. The van der Waals surface area contributed by atoms with Crippen LogP contribution in [0.3, 0.4) is 0 Å². The number of piperidine rings is 1. The summed E-state index contributed by atoms with van der Waals surface area (Å²) in [6.07, 6.45) is 5.05. The lowest BCUT2D eigenvalue weighted by Crippen LogP contribution is -2.34. The third kappa shape index (κ3) is 1.01. The number of fused-ring (bicyclic) bond motifs is 1. The van der Waals surface area contributed by atoms with E-state index in [1.807, 2.05) is 0 Å². The van der Waals surface area contributed by atoms with Gasteiger partial charge in [-0.1, -0.05) is 6.42 Å². The smallest absolute Gasteiger partial charge is 0.0945 e. The van der Waals surface area contributed by atoms with Gasteiger partial charge in [-0.15, -0.1) is 0 Å². The second-order valence-electron chi connectivity index (χ2n) is 3.10. The van der Waals surface area contributed by atoms with E-state index in [1.54, 1.807) is 0 Å². The van der Waals surface area contributed by atoms with Crippen molar-refractivity contribution in [3.63, 3.8) is 0 Å². The zero-order valence-corrected chi connectivity index (χ0v) is 6.90. The van der Waals surface area contributed by atoms with Gasteiger partial charge in [-0.2, -0.15) is 0 Å². The SMILES string of the molecule is O=S1CCC2CCCCN21. The number of hydrogen-bond donors (Lipinski definition) is 0. The number of nitrogens with zero attached hydrogens (tertiary/aromatic N) is 1. The van der Waals surface area contributed by atoms with Gasteiger partial charge in [0.2, 0.25) is 0 Å². The van der Waals surface area contributed by atoms with Crippen LogP contribution >= 0.6 is 0 Å². The lowest BCUT2D eigenvalue weighted by atomic mass is 10.0. The lowest BCUT2D eigenvalue weighted by molar-refractivity contribution is 0.280. The molecule has 2 saturated heterocycles. The molecule has 0 aliphatic carbocycles. The van der Waals surface area contributed by atoms with Crippen molar-refractivity contribution in [1.29, 1.82) is 0 Å². The molecule has 2 atom stereocenters. The molecular formula is C7H13NOS. The zero-order chi connectivity index (χ0) is 6.97. The van der Waals surface area contributed by atoms with Crippen molar-refractivity contribution in [2.45, 2.75) is 31.7 Å². The van der Waals surface area contributed by atoms with Crippen molar-refractivity contribution in [3.8, 4) is 0 Å². The van der Waals surface area contributed by atoms with Gasteiger partial charge in [0.25, 0.3) is 0 Å². The van der Waals surface area contributed by atoms with Crippen molar-refractivity contribution in [2.75, 3.05) is 12.3 Å². The van der Waals surface area contributed by atoms with Crippen LogP contribution < -0.4 is 0 Å². The fourth-order valence-electron chi connectivity index (χ4n) is 1.88. The Morgan fingerprint density at radius 1 is 1.30 bits per heavy atom. The largest absolute Gasteiger partial charge is 0.243 e.